The van der Waals surface area contributed by atoms with Crippen molar-refractivity contribution in [3.8, 4) is 5.75 Å². The Kier molecular flexibility index (Phi) is 4.97. The van der Waals surface area contributed by atoms with Crippen LogP contribution >= 0.6 is 15.9 Å². The van der Waals surface area contributed by atoms with E-state index in [1.165, 1.54) is 0 Å². The molecule has 1 aromatic carbocycles. The highest BCUT2D eigenvalue weighted by Crippen LogP contribution is 2.27. The van der Waals surface area contributed by atoms with Crippen LogP contribution in [0.25, 0.3) is 0 Å². The maximum absolute atomic E-state index is 12.5. The fourth-order valence-corrected chi connectivity index (χ4v) is 2.93. The molecule has 1 N–H and O–H groups in total. The molecule has 0 unspecified atom stereocenters. The molecule has 0 bridgehead atoms. The Labute approximate surface area is 142 Å². The number of rotatable bonds is 4. The third-order valence-electron chi connectivity index (χ3n) is 3.64. The zero-order chi connectivity index (χ0) is 16.2. The Bertz CT molecular complexity index is 696. The number of aromatic nitrogens is 1. The number of ether oxygens (including phenoxy) is 1. The highest BCUT2D eigenvalue weighted by molar-refractivity contribution is 9.10. The molecular formula is C16H18BrN3O3. The lowest BCUT2D eigenvalue weighted by molar-refractivity contribution is 0.0735. The molecule has 0 saturated carbocycles. The Morgan fingerprint density at radius 2 is 2.17 bits per heavy atom. The van der Waals surface area contributed by atoms with Gasteiger partial charge in [0, 0.05) is 37.8 Å². The predicted molar refractivity (Wildman–Crippen MR) is 88.5 cm³/mol. The van der Waals surface area contributed by atoms with Crippen LogP contribution in [0.3, 0.4) is 0 Å². The fourth-order valence-electron chi connectivity index (χ4n) is 2.44. The minimum Gasteiger partial charge on any atom is -0.486 e. The summed E-state index contributed by atoms with van der Waals surface area (Å²) in [6.07, 6.45) is 0. The number of carbonyl (C=O) groups is 1. The number of halogens is 1. The summed E-state index contributed by atoms with van der Waals surface area (Å²) >= 11 is 3.47. The first kappa shape index (κ1) is 16.0. The first-order valence-corrected chi connectivity index (χ1v) is 8.27. The normalized spacial score (nSPS) is 14.8. The van der Waals surface area contributed by atoms with Gasteiger partial charge in [0.1, 0.15) is 23.8 Å². The second-order valence-corrected chi connectivity index (χ2v) is 6.26. The molecule has 0 spiro atoms. The predicted octanol–water partition coefficient (Wildman–Crippen LogP) is 2.37. The number of nitrogens with one attached hydrogen (secondary N) is 1. The lowest BCUT2D eigenvalue weighted by Crippen LogP contribution is -2.46. The molecule has 1 saturated heterocycles. The smallest absolute Gasteiger partial charge is 0.253 e. The van der Waals surface area contributed by atoms with Gasteiger partial charge >= 0.3 is 0 Å². The monoisotopic (exact) mass is 379 g/mol. The maximum atomic E-state index is 12.5. The first-order chi connectivity index (χ1) is 11.1. The highest BCUT2D eigenvalue weighted by atomic mass is 79.9. The highest BCUT2D eigenvalue weighted by Gasteiger charge is 2.18. The summed E-state index contributed by atoms with van der Waals surface area (Å²) in [4.78, 5) is 14.3. The Balaban J connectivity index is 1.66. The van der Waals surface area contributed by atoms with E-state index in [1.807, 2.05) is 17.9 Å². The molecule has 1 aliphatic heterocycles. The Morgan fingerprint density at radius 1 is 1.39 bits per heavy atom. The van der Waals surface area contributed by atoms with Crippen LogP contribution < -0.4 is 10.1 Å². The molecule has 23 heavy (non-hydrogen) atoms. The van der Waals surface area contributed by atoms with Gasteiger partial charge in [0.05, 0.1) is 4.47 Å². The molecule has 0 atom stereocenters. The number of aryl methyl sites for hydroxylation is 1. The standard InChI is InChI=1S/C16H18BrN3O3/c1-11-8-13(19-23-11)10-22-15-3-2-12(9-14(15)17)16(21)20-6-4-18-5-7-20/h2-3,8-9,18H,4-7,10H2,1H3. The molecule has 1 amide bonds. The summed E-state index contributed by atoms with van der Waals surface area (Å²) < 4.78 is 11.5. The Hall–Kier alpha value is -1.86. The number of benzene rings is 1. The van der Waals surface area contributed by atoms with Crippen molar-refractivity contribution in [1.82, 2.24) is 15.4 Å². The van der Waals surface area contributed by atoms with E-state index in [4.69, 9.17) is 9.26 Å². The van der Waals surface area contributed by atoms with E-state index in [2.05, 4.69) is 26.4 Å². The SMILES string of the molecule is Cc1cc(COc2ccc(C(=O)N3CCNCC3)cc2Br)no1. The zero-order valence-corrected chi connectivity index (χ0v) is 14.4. The third-order valence-corrected chi connectivity index (χ3v) is 4.26. The van der Waals surface area contributed by atoms with Gasteiger partial charge in [-0.2, -0.15) is 0 Å². The molecule has 1 aromatic heterocycles. The van der Waals surface area contributed by atoms with Crippen molar-refractivity contribution in [2.24, 2.45) is 0 Å². The number of hydrogen-bond acceptors (Lipinski definition) is 5. The molecular weight excluding hydrogens is 362 g/mol. The Morgan fingerprint density at radius 3 is 2.83 bits per heavy atom. The summed E-state index contributed by atoms with van der Waals surface area (Å²) in [7, 11) is 0. The minimum atomic E-state index is 0.0471. The van der Waals surface area contributed by atoms with Gasteiger partial charge in [0.15, 0.2) is 0 Å². The lowest BCUT2D eigenvalue weighted by Gasteiger charge is -2.27. The van der Waals surface area contributed by atoms with E-state index in [0.29, 0.717) is 17.9 Å². The zero-order valence-electron chi connectivity index (χ0n) is 12.8. The molecule has 1 aliphatic rings. The van der Waals surface area contributed by atoms with Crippen LogP contribution in [0.4, 0.5) is 0 Å². The van der Waals surface area contributed by atoms with E-state index in [0.717, 1.165) is 42.1 Å². The van der Waals surface area contributed by atoms with Crippen LogP contribution in [0.5, 0.6) is 5.75 Å². The van der Waals surface area contributed by atoms with Gasteiger partial charge < -0.3 is 19.5 Å². The number of piperazine rings is 1. The van der Waals surface area contributed by atoms with Crippen molar-refractivity contribution < 1.29 is 14.1 Å². The van der Waals surface area contributed by atoms with Crippen molar-refractivity contribution in [3.63, 3.8) is 0 Å². The first-order valence-electron chi connectivity index (χ1n) is 7.48. The quantitative estimate of drug-likeness (QED) is 0.882. The van der Waals surface area contributed by atoms with E-state index < -0.39 is 0 Å². The number of amides is 1. The number of nitrogens with zero attached hydrogens (tertiary/aromatic N) is 2. The van der Waals surface area contributed by atoms with Crippen LogP contribution in [0, 0.1) is 6.92 Å². The molecule has 1 fully saturated rings. The van der Waals surface area contributed by atoms with Gasteiger partial charge in [0.25, 0.3) is 5.91 Å². The maximum Gasteiger partial charge on any atom is 0.253 e. The molecule has 2 aromatic rings. The summed E-state index contributed by atoms with van der Waals surface area (Å²) in [5.74, 6) is 1.47. The van der Waals surface area contributed by atoms with Gasteiger partial charge in [-0.25, -0.2) is 0 Å². The van der Waals surface area contributed by atoms with Gasteiger partial charge in [-0.15, -0.1) is 0 Å². The van der Waals surface area contributed by atoms with Crippen LogP contribution in [-0.2, 0) is 6.61 Å². The van der Waals surface area contributed by atoms with Gasteiger partial charge in [-0.3, -0.25) is 4.79 Å². The minimum absolute atomic E-state index is 0.0471. The summed E-state index contributed by atoms with van der Waals surface area (Å²) in [6.45, 7) is 5.31. The fraction of sp³-hybridized carbons (Fsp3) is 0.375. The van der Waals surface area contributed by atoms with Crippen molar-refractivity contribution in [1.29, 1.82) is 0 Å². The number of hydrogen-bond donors (Lipinski definition) is 1. The average Bonchev–Trinajstić information content (AvgIpc) is 2.99. The summed E-state index contributed by atoms with van der Waals surface area (Å²) in [6, 6.07) is 7.22. The molecule has 3 rings (SSSR count). The van der Waals surface area contributed by atoms with E-state index in [-0.39, 0.29) is 5.91 Å². The van der Waals surface area contributed by atoms with Crippen LogP contribution in [0.15, 0.2) is 33.3 Å². The van der Waals surface area contributed by atoms with Gasteiger partial charge in [-0.05, 0) is 41.1 Å². The van der Waals surface area contributed by atoms with Gasteiger partial charge in [0.2, 0.25) is 0 Å². The molecule has 0 radical (unpaired) electrons. The van der Waals surface area contributed by atoms with Crippen LogP contribution in [0.2, 0.25) is 0 Å². The van der Waals surface area contributed by atoms with Crippen molar-refractivity contribution in [2.75, 3.05) is 26.2 Å². The van der Waals surface area contributed by atoms with Crippen molar-refractivity contribution in [3.05, 3.63) is 45.8 Å². The molecule has 7 heteroatoms. The lowest BCUT2D eigenvalue weighted by atomic mass is 10.2. The molecule has 0 aliphatic carbocycles. The van der Waals surface area contributed by atoms with Crippen LogP contribution in [-0.4, -0.2) is 42.1 Å². The van der Waals surface area contributed by atoms with E-state index in [9.17, 15) is 4.79 Å². The van der Waals surface area contributed by atoms with E-state index >= 15 is 0 Å². The third kappa shape index (κ3) is 3.92. The molecule has 2 heterocycles. The van der Waals surface area contributed by atoms with Crippen LogP contribution in [0.1, 0.15) is 21.8 Å². The summed E-state index contributed by atoms with van der Waals surface area (Å²) in [5, 5.41) is 7.12. The molecule has 122 valence electrons. The second-order valence-electron chi connectivity index (χ2n) is 5.40. The number of carbonyl (C=O) groups excluding carboxylic acids is 1. The average molecular weight is 380 g/mol. The second kappa shape index (κ2) is 7.14. The molecule has 6 nitrogen and oxygen atoms in total. The van der Waals surface area contributed by atoms with Crippen molar-refractivity contribution >= 4 is 21.8 Å². The summed E-state index contributed by atoms with van der Waals surface area (Å²) in [5.41, 5.74) is 1.39. The van der Waals surface area contributed by atoms with Gasteiger partial charge in [-0.1, -0.05) is 5.16 Å². The van der Waals surface area contributed by atoms with Crippen molar-refractivity contribution in [2.45, 2.75) is 13.5 Å². The topological polar surface area (TPSA) is 67.6 Å². The van der Waals surface area contributed by atoms with E-state index in [1.54, 1.807) is 18.2 Å². The largest absolute Gasteiger partial charge is 0.486 e.